The Bertz CT molecular complexity index is 552. The number of nitrogens with zero attached hydrogens (tertiary/aromatic N) is 1. The van der Waals surface area contributed by atoms with E-state index in [1.165, 1.54) is 13.2 Å². The zero-order valence-corrected chi connectivity index (χ0v) is 18.6. The van der Waals surface area contributed by atoms with Gasteiger partial charge in [-0.25, -0.2) is 9.38 Å². The van der Waals surface area contributed by atoms with Crippen molar-refractivity contribution in [1.82, 2.24) is 10.6 Å². The van der Waals surface area contributed by atoms with Gasteiger partial charge in [0.05, 0.1) is 13.7 Å². The van der Waals surface area contributed by atoms with Crippen LogP contribution in [-0.4, -0.2) is 37.9 Å². The summed E-state index contributed by atoms with van der Waals surface area (Å²) in [6, 6.07) is 4.87. The van der Waals surface area contributed by atoms with Crippen LogP contribution in [0.25, 0.3) is 0 Å². The van der Waals surface area contributed by atoms with E-state index >= 15 is 0 Å². The van der Waals surface area contributed by atoms with Crippen LogP contribution in [0.2, 0.25) is 0 Å². The van der Waals surface area contributed by atoms with Gasteiger partial charge in [-0.1, -0.05) is 19.9 Å². The first-order valence-corrected chi connectivity index (χ1v) is 8.99. The normalized spacial score (nSPS) is 11.7. The summed E-state index contributed by atoms with van der Waals surface area (Å²) in [6.07, 6.45) is 2.73. The van der Waals surface area contributed by atoms with Crippen LogP contribution in [0, 0.1) is 11.2 Å². The summed E-state index contributed by atoms with van der Waals surface area (Å²) in [6.45, 7) is 8.34. The van der Waals surface area contributed by atoms with E-state index in [2.05, 4.69) is 29.5 Å². The third-order valence-corrected chi connectivity index (χ3v) is 4.75. The summed E-state index contributed by atoms with van der Waals surface area (Å²) in [7, 11) is 1.45. The number of nitrogens with one attached hydrogen (secondary N) is 2. The number of methoxy groups -OCH3 is 1. The molecule has 1 aromatic rings. The molecule has 0 radical (unpaired) electrons. The maximum absolute atomic E-state index is 13.8. The second-order valence-electron chi connectivity index (χ2n) is 6.20. The Morgan fingerprint density at radius 2 is 1.92 bits per heavy atom. The molecule has 0 aliphatic carbocycles. The van der Waals surface area contributed by atoms with Gasteiger partial charge < -0.3 is 20.5 Å². The number of halogens is 2. The van der Waals surface area contributed by atoms with Crippen molar-refractivity contribution in [1.29, 1.82) is 0 Å². The van der Waals surface area contributed by atoms with Gasteiger partial charge in [0.25, 0.3) is 0 Å². The van der Waals surface area contributed by atoms with Crippen LogP contribution in [-0.2, 0) is 6.54 Å². The summed E-state index contributed by atoms with van der Waals surface area (Å²) < 4.78 is 18.7. The highest BCUT2D eigenvalue weighted by atomic mass is 127. The molecule has 0 atom stereocenters. The fourth-order valence-electron chi connectivity index (χ4n) is 2.77. The SMILES string of the molecule is CCNC(=NCc1ccc(OC)c(F)c1)NCC(CC)(CC)CCO.I. The molecule has 0 saturated heterocycles. The molecule has 1 aromatic carbocycles. The third kappa shape index (κ3) is 7.65. The number of hydrogen-bond acceptors (Lipinski definition) is 3. The maximum Gasteiger partial charge on any atom is 0.191 e. The van der Waals surface area contributed by atoms with Crippen molar-refractivity contribution in [3.63, 3.8) is 0 Å². The van der Waals surface area contributed by atoms with E-state index in [1.54, 1.807) is 6.07 Å². The van der Waals surface area contributed by atoms with Gasteiger partial charge in [0.15, 0.2) is 17.5 Å². The molecular weight excluding hydrogens is 448 g/mol. The minimum atomic E-state index is -0.382. The minimum absolute atomic E-state index is 0. The fourth-order valence-corrected chi connectivity index (χ4v) is 2.77. The van der Waals surface area contributed by atoms with Gasteiger partial charge in [-0.15, -0.1) is 24.0 Å². The Morgan fingerprint density at radius 1 is 1.23 bits per heavy atom. The highest BCUT2D eigenvalue weighted by molar-refractivity contribution is 14.0. The van der Waals surface area contributed by atoms with E-state index in [4.69, 9.17) is 4.74 Å². The molecule has 0 fully saturated rings. The third-order valence-electron chi connectivity index (χ3n) is 4.75. The highest BCUT2D eigenvalue weighted by Gasteiger charge is 2.25. The van der Waals surface area contributed by atoms with Crippen molar-refractivity contribution in [3.8, 4) is 5.75 Å². The molecule has 150 valence electrons. The van der Waals surface area contributed by atoms with E-state index in [1.807, 2.05) is 13.0 Å². The highest BCUT2D eigenvalue weighted by Crippen LogP contribution is 2.29. The van der Waals surface area contributed by atoms with Crippen LogP contribution in [0.4, 0.5) is 4.39 Å². The monoisotopic (exact) mass is 481 g/mol. The van der Waals surface area contributed by atoms with Crippen LogP contribution in [0.3, 0.4) is 0 Å². The molecule has 7 heteroatoms. The van der Waals surface area contributed by atoms with Gasteiger partial charge >= 0.3 is 0 Å². The lowest BCUT2D eigenvalue weighted by Gasteiger charge is -2.32. The number of guanidine groups is 1. The van der Waals surface area contributed by atoms with E-state index in [0.717, 1.165) is 37.9 Å². The first-order valence-electron chi connectivity index (χ1n) is 8.99. The smallest absolute Gasteiger partial charge is 0.191 e. The summed E-state index contributed by atoms with van der Waals surface area (Å²) in [5.74, 6) is 0.549. The molecule has 5 nitrogen and oxygen atoms in total. The summed E-state index contributed by atoms with van der Waals surface area (Å²) >= 11 is 0. The average Bonchev–Trinajstić information content (AvgIpc) is 2.63. The van der Waals surface area contributed by atoms with Crippen molar-refractivity contribution < 1.29 is 14.2 Å². The molecule has 0 aliphatic rings. The molecule has 0 unspecified atom stereocenters. The Kier molecular flexibility index (Phi) is 12.6. The first-order chi connectivity index (χ1) is 12.0. The Hall–Kier alpha value is -1.09. The summed E-state index contributed by atoms with van der Waals surface area (Å²) in [5.41, 5.74) is 0.833. The quantitative estimate of drug-likeness (QED) is 0.271. The van der Waals surface area contributed by atoms with Crippen LogP contribution >= 0.6 is 24.0 Å². The number of hydrogen-bond donors (Lipinski definition) is 3. The zero-order valence-electron chi connectivity index (χ0n) is 16.3. The van der Waals surface area contributed by atoms with Crippen LogP contribution in [0.5, 0.6) is 5.75 Å². The van der Waals surface area contributed by atoms with Crippen LogP contribution in [0.15, 0.2) is 23.2 Å². The first kappa shape index (κ1) is 24.9. The van der Waals surface area contributed by atoms with Crippen LogP contribution < -0.4 is 15.4 Å². The molecular formula is C19H33FIN3O2. The number of aliphatic imine (C=N–C) groups is 1. The second kappa shape index (κ2) is 13.1. The number of aliphatic hydroxyl groups excluding tert-OH is 1. The van der Waals surface area contributed by atoms with Crippen molar-refractivity contribution in [2.45, 2.75) is 46.6 Å². The van der Waals surface area contributed by atoms with E-state index in [0.29, 0.717) is 12.5 Å². The number of benzene rings is 1. The van der Waals surface area contributed by atoms with Gasteiger partial charge in [-0.2, -0.15) is 0 Å². The molecule has 1 rings (SSSR count). The second-order valence-corrected chi connectivity index (χ2v) is 6.20. The number of ether oxygens (including phenoxy) is 1. The molecule has 0 aromatic heterocycles. The lowest BCUT2D eigenvalue weighted by Crippen LogP contribution is -2.43. The molecule has 3 N–H and O–H groups in total. The summed E-state index contributed by atoms with van der Waals surface area (Å²) in [5, 5.41) is 15.9. The Morgan fingerprint density at radius 3 is 2.42 bits per heavy atom. The van der Waals surface area contributed by atoms with Gasteiger partial charge in [-0.05, 0) is 49.3 Å². The van der Waals surface area contributed by atoms with Gasteiger partial charge in [0.1, 0.15) is 0 Å². The molecule has 0 spiro atoms. The standard InChI is InChI=1S/C19H32FN3O2.HI/c1-5-19(6-2,10-11-24)14-23-18(21-7-3)22-13-15-8-9-17(25-4)16(20)12-15;/h8-9,12,24H,5-7,10-11,13-14H2,1-4H3,(H2,21,22,23);1H. The van der Waals surface area contributed by atoms with Crippen molar-refractivity contribution >= 4 is 29.9 Å². The Balaban J connectivity index is 0.00000625. The summed E-state index contributed by atoms with van der Waals surface area (Å²) in [4.78, 5) is 4.54. The molecule has 0 aliphatic heterocycles. The van der Waals surface area contributed by atoms with Gasteiger partial charge in [0, 0.05) is 19.7 Å². The van der Waals surface area contributed by atoms with Gasteiger partial charge in [-0.3, -0.25) is 0 Å². The predicted octanol–water partition coefficient (Wildman–Crippen LogP) is 3.70. The topological polar surface area (TPSA) is 65.9 Å². The molecule has 0 amide bonds. The lowest BCUT2D eigenvalue weighted by molar-refractivity contribution is 0.169. The fraction of sp³-hybridized carbons (Fsp3) is 0.632. The zero-order chi connectivity index (χ0) is 18.7. The van der Waals surface area contributed by atoms with Crippen molar-refractivity contribution in [2.75, 3.05) is 26.8 Å². The Labute approximate surface area is 173 Å². The van der Waals surface area contributed by atoms with Crippen molar-refractivity contribution in [2.24, 2.45) is 10.4 Å². The number of rotatable bonds is 10. The predicted molar refractivity (Wildman–Crippen MR) is 116 cm³/mol. The van der Waals surface area contributed by atoms with E-state index in [-0.39, 0.29) is 47.6 Å². The minimum Gasteiger partial charge on any atom is -0.494 e. The molecule has 0 bridgehead atoms. The average molecular weight is 481 g/mol. The van der Waals surface area contributed by atoms with E-state index < -0.39 is 0 Å². The number of aliphatic hydroxyl groups is 1. The van der Waals surface area contributed by atoms with Gasteiger partial charge in [0.2, 0.25) is 0 Å². The van der Waals surface area contributed by atoms with Crippen molar-refractivity contribution in [3.05, 3.63) is 29.6 Å². The van der Waals surface area contributed by atoms with Crippen LogP contribution in [0.1, 0.15) is 45.6 Å². The molecule has 0 saturated carbocycles. The largest absolute Gasteiger partial charge is 0.494 e. The lowest BCUT2D eigenvalue weighted by atomic mass is 9.79. The maximum atomic E-state index is 13.8. The molecule has 0 heterocycles. The van der Waals surface area contributed by atoms with E-state index in [9.17, 15) is 9.50 Å². The molecule has 26 heavy (non-hydrogen) atoms.